The summed E-state index contributed by atoms with van der Waals surface area (Å²) in [5.74, 6) is 0.553. The van der Waals surface area contributed by atoms with E-state index in [4.69, 9.17) is 9.15 Å². The number of fused-ring (bicyclic) bond motifs is 3. The number of hydrogen-bond donors (Lipinski definition) is 2. The van der Waals surface area contributed by atoms with Crippen LogP contribution in [0.1, 0.15) is 60.9 Å². The normalized spacial score (nSPS) is 17.9. The average Bonchev–Trinajstić information content (AvgIpc) is 3.49. The molecule has 0 saturated carbocycles. The predicted octanol–water partition coefficient (Wildman–Crippen LogP) is 6.57. The second-order valence-corrected chi connectivity index (χ2v) is 13.8. The molecule has 45 heavy (non-hydrogen) atoms. The Morgan fingerprint density at radius 1 is 0.933 bits per heavy atom. The molecule has 3 aliphatic heterocycles. The van der Waals surface area contributed by atoms with Crippen molar-refractivity contribution in [3.8, 4) is 16.9 Å². The average molecular weight is 624 g/mol. The van der Waals surface area contributed by atoms with E-state index in [-0.39, 0.29) is 23.3 Å². The molecule has 7 rings (SSSR count). The highest BCUT2D eigenvalue weighted by atomic mass is 32.2. The molecule has 3 aromatic carbocycles. The van der Waals surface area contributed by atoms with Crippen molar-refractivity contribution in [2.75, 3.05) is 19.7 Å². The van der Waals surface area contributed by atoms with Crippen LogP contribution in [0.2, 0.25) is 0 Å². The van der Waals surface area contributed by atoms with Gasteiger partial charge in [0.25, 0.3) is 0 Å². The van der Waals surface area contributed by atoms with Crippen molar-refractivity contribution in [3.05, 3.63) is 108 Å². The highest BCUT2D eigenvalue weighted by molar-refractivity contribution is 7.89. The third-order valence-corrected chi connectivity index (χ3v) is 10.4. The van der Waals surface area contributed by atoms with Gasteiger partial charge in [-0.3, -0.25) is 9.69 Å². The first-order chi connectivity index (χ1) is 21.9. The van der Waals surface area contributed by atoms with E-state index in [1.54, 1.807) is 30.7 Å². The van der Waals surface area contributed by atoms with Gasteiger partial charge in [0.05, 0.1) is 36.1 Å². The Hall–Kier alpha value is -4.18. The summed E-state index contributed by atoms with van der Waals surface area (Å²) >= 11 is 0. The van der Waals surface area contributed by atoms with Gasteiger partial charge in [-0.2, -0.15) is 0 Å². The number of hydrogen-bond acceptors (Lipinski definition) is 6. The number of sulfonamides is 1. The monoisotopic (exact) mass is 623 g/mol. The zero-order valence-electron chi connectivity index (χ0n) is 25.1. The molecule has 4 aliphatic rings. The highest BCUT2D eigenvalue weighted by Gasteiger charge is 2.30. The van der Waals surface area contributed by atoms with Crippen molar-refractivity contribution >= 4 is 26.7 Å². The number of benzene rings is 3. The van der Waals surface area contributed by atoms with Crippen molar-refractivity contribution in [2.24, 2.45) is 0 Å². The molecule has 1 fully saturated rings. The Labute approximate surface area is 263 Å². The van der Waals surface area contributed by atoms with E-state index in [9.17, 15) is 13.2 Å². The molecule has 8 nitrogen and oxygen atoms in total. The molecule has 2 atom stereocenters. The van der Waals surface area contributed by atoms with Crippen molar-refractivity contribution < 1.29 is 22.4 Å². The maximum Gasteiger partial charge on any atom is 0.241 e. The number of rotatable bonds is 9. The largest absolute Gasteiger partial charge is 0.493 e. The quantitative estimate of drug-likeness (QED) is 0.193. The van der Waals surface area contributed by atoms with Gasteiger partial charge in [-0.1, -0.05) is 61.0 Å². The molecular weight excluding hydrogens is 586 g/mol. The van der Waals surface area contributed by atoms with Crippen LogP contribution in [-0.4, -0.2) is 38.9 Å². The van der Waals surface area contributed by atoms with E-state index >= 15 is 0 Å². The molecule has 1 saturated heterocycles. The zero-order valence-corrected chi connectivity index (χ0v) is 25.9. The van der Waals surface area contributed by atoms with Crippen molar-refractivity contribution in [3.63, 3.8) is 0 Å². The molecule has 0 spiro atoms. The van der Waals surface area contributed by atoms with Gasteiger partial charge in [0.15, 0.2) is 0 Å². The Bertz CT molecular complexity index is 1900. The van der Waals surface area contributed by atoms with Gasteiger partial charge in [-0.25, -0.2) is 13.1 Å². The van der Waals surface area contributed by atoms with Crippen LogP contribution in [0.4, 0.5) is 0 Å². The smallest absolute Gasteiger partial charge is 0.241 e. The van der Waals surface area contributed by atoms with E-state index in [1.807, 2.05) is 42.5 Å². The molecular formula is C36H37N3O5S. The van der Waals surface area contributed by atoms with Crippen molar-refractivity contribution in [1.29, 1.82) is 0 Å². The lowest BCUT2D eigenvalue weighted by Gasteiger charge is -2.29. The number of nitrogens with one attached hydrogen (secondary N) is 2. The Kier molecular flexibility index (Phi) is 8.31. The molecule has 3 aromatic rings. The fourth-order valence-corrected chi connectivity index (χ4v) is 7.88. The standard InChI is InChI=1S/C36H37N3O5S/c40-36(37-33-15-19-44-35-20-25(8-12-31(33)35)23-39-16-4-1-5-17-39)22-34(30-13-10-27-14-18-43-24-32(27)30)38-45(41,42)29-11-9-26-6-2-3-7-28(26)21-29/h2-3,6-14,18,20-21,24,33-34,38H,1,4-5,15-17,19,22-23H2,(H,37,40). The number of ether oxygens (including phenoxy) is 1. The summed E-state index contributed by atoms with van der Waals surface area (Å²) in [6.45, 7) is 3.63. The van der Waals surface area contributed by atoms with Crippen LogP contribution in [0.3, 0.4) is 0 Å². The Morgan fingerprint density at radius 3 is 2.64 bits per heavy atom. The van der Waals surface area contributed by atoms with Gasteiger partial charge in [0.1, 0.15) is 5.75 Å². The SMILES string of the molecule is O=C(CC(NS(=O)(=O)c1ccc2ccccc2c1)c1ccc2ccocc1-2)NC1CCOc2cc(CN3CCCCC3)ccc21. The lowest BCUT2D eigenvalue weighted by molar-refractivity contribution is -0.122. The van der Waals surface area contributed by atoms with Gasteiger partial charge in [-0.15, -0.1) is 0 Å². The van der Waals surface area contributed by atoms with Gasteiger partial charge < -0.3 is 14.5 Å². The molecule has 1 aliphatic carbocycles. The summed E-state index contributed by atoms with van der Waals surface area (Å²) < 4.78 is 41.8. The summed E-state index contributed by atoms with van der Waals surface area (Å²) in [7, 11) is -3.97. The maximum absolute atomic E-state index is 13.7. The molecule has 0 radical (unpaired) electrons. The van der Waals surface area contributed by atoms with Gasteiger partial charge in [-0.05, 0) is 77.7 Å². The molecule has 232 valence electrons. The number of carbonyl (C=O) groups is 1. The first kappa shape index (κ1) is 29.5. The fraction of sp³-hybridized carbons (Fsp3) is 0.306. The van der Waals surface area contributed by atoms with E-state index in [0.717, 1.165) is 52.8 Å². The molecule has 0 aromatic heterocycles. The number of likely N-dealkylation sites (tertiary alicyclic amines) is 1. The topological polar surface area (TPSA) is 101 Å². The van der Waals surface area contributed by atoms with Crippen molar-refractivity contribution in [2.45, 2.75) is 55.6 Å². The van der Waals surface area contributed by atoms with Crippen LogP contribution in [0, 0.1) is 0 Å². The zero-order chi connectivity index (χ0) is 30.8. The number of piperidine rings is 1. The number of amides is 1. The highest BCUT2D eigenvalue weighted by Crippen LogP contribution is 2.36. The van der Waals surface area contributed by atoms with E-state index < -0.39 is 16.1 Å². The molecule has 0 bridgehead atoms. The summed E-state index contributed by atoms with van der Waals surface area (Å²) in [5, 5.41) is 4.95. The summed E-state index contributed by atoms with van der Waals surface area (Å²) in [4.78, 5) is 16.3. The summed E-state index contributed by atoms with van der Waals surface area (Å²) in [5.41, 5.74) is 4.50. The predicted molar refractivity (Wildman–Crippen MR) is 174 cm³/mol. The maximum atomic E-state index is 13.7. The lowest BCUT2D eigenvalue weighted by atomic mass is 9.97. The third-order valence-electron chi connectivity index (χ3n) is 8.98. The minimum absolute atomic E-state index is 0.0828. The fourth-order valence-electron chi connectivity index (χ4n) is 6.63. The van der Waals surface area contributed by atoms with Crippen LogP contribution in [0.25, 0.3) is 21.9 Å². The number of nitrogens with zero attached hydrogens (tertiary/aromatic N) is 1. The molecule has 1 amide bonds. The Balaban J connectivity index is 1.11. The molecule has 9 heteroatoms. The minimum Gasteiger partial charge on any atom is -0.493 e. The minimum atomic E-state index is -3.97. The third kappa shape index (κ3) is 6.47. The van der Waals surface area contributed by atoms with Gasteiger partial charge in [0.2, 0.25) is 15.9 Å². The summed E-state index contributed by atoms with van der Waals surface area (Å²) in [6, 6.07) is 23.5. The molecule has 3 heterocycles. The van der Waals surface area contributed by atoms with Crippen LogP contribution < -0.4 is 14.8 Å². The van der Waals surface area contributed by atoms with E-state index in [2.05, 4.69) is 33.1 Å². The van der Waals surface area contributed by atoms with E-state index in [0.29, 0.717) is 18.6 Å². The first-order valence-electron chi connectivity index (χ1n) is 15.7. The van der Waals surface area contributed by atoms with Crippen LogP contribution in [0.5, 0.6) is 5.75 Å². The lowest BCUT2D eigenvalue weighted by Crippen LogP contribution is -2.36. The number of carbonyl (C=O) groups excluding carboxylic acids is 1. The summed E-state index contributed by atoms with van der Waals surface area (Å²) in [6.07, 6.45) is 7.50. The van der Waals surface area contributed by atoms with Crippen LogP contribution >= 0.6 is 0 Å². The van der Waals surface area contributed by atoms with Crippen LogP contribution in [0.15, 0.2) is 101 Å². The molecule has 2 unspecified atom stereocenters. The molecule has 2 N–H and O–H groups in total. The van der Waals surface area contributed by atoms with Crippen molar-refractivity contribution in [1.82, 2.24) is 14.9 Å². The first-order valence-corrected chi connectivity index (χ1v) is 17.1. The second-order valence-electron chi connectivity index (χ2n) is 12.1. The van der Waals surface area contributed by atoms with Gasteiger partial charge >= 0.3 is 0 Å². The van der Waals surface area contributed by atoms with E-state index in [1.165, 1.54) is 24.8 Å². The van der Waals surface area contributed by atoms with Gasteiger partial charge in [0, 0.05) is 30.5 Å². The van der Waals surface area contributed by atoms with Crippen LogP contribution in [-0.2, 0) is 21.4 Å². The Morgan fingerprint density at radius 2 is 1.78 bits per heavy atom. The second kappa shape index (κ2) is 12.7.